The fraction of sp³-hybridized carbons (Fsp3) is 0.143. The highest BCUT2D eigenvalue weighted by atomic mass is 79.9. The second-order valence-electron chi connectivity index (χ2n) is 4.27. The molecule has 0 unspecified atom stereocenters. The third-order valence-corrected chi connectivity index (χ3v) is 3.27. The van der Waals surface area contributed by atoms with Gasteiger partial charge < -0.3 is 15.2 Å². The summed E-state index contributed by atoms with van der Waals surface area (Å²) >= 11 is 3.32. The summed E-state index contributed by atoms with van der Waals surface area (Å²) < 4.78 is 2.58. The number of carbonyl (C=O) groups excluding carboxylic acids is 2. The van der Waals surface area contributed by atoms with Crippen LogP contribution >= 0.6 is 15.9 Å². The lowest BCUT2D eigenvalue weighted by Crippen LogP contribution is -2.18. The summed E-state index contributed by atoms with van der Waals surface area (Å²) in [7, 11) is 3.37. The predicted molar refractivity (Wildman–Crippen MR) is 80.9 cm³/mol. The first-order chi connectivity index (χ1) is 9.51. The average Bonchev–Trinajstić information content (AvgIpc) is 2.78. The molecular formula is C14H14BrN3O2. The van der Waals surface area contributed by atoms with Crippen LogP contribution in [0.5, 0.6) is 0 Å². The molecule has 2 N–H and O–H groups in total. The minimum Gasteiger partial charge on any atom is -0.355 e. The summed E-state index contributed by atoms with van der Waals surface area (Å²) in [6.07, 6.45) is 1.81. The maximum atomic E-state index is 12.1. The highest BCUT2D eigenvalue weighted by molar-refractivity contribution is 9.10. The van der Waals surface area contributed by atoms with Crippen molar-refractivity contribution in [1.29, 1.82) is 0 Å². The van der Waals surface area contributed by atoms with Gasteiger partial charge in [-0.3, -0.25) is 9.59 Å². The number of benzene rings is 1. The molecule has 0 aliphatic heterocycles. The standard InChI is InChI=1S/C14H14BrN3O2/c1-16-13(19)9-3-5-11(6-4-9)17-14(20)12-7-10(15)8-18(12)2/h3-8H,1-2H3,(H,16,19)(H,17,20). The molecule has 1 aromatic carbocycles. The molecule has 0 aliphatic carbocycles. The first-order valence-corrected chi connectivity index (χ1v) is 6.76. The summed E-state index contributed by atoms with van der Waals surface area (Å²) in [6, 6.07) is 8.46. The quantitative estimate of drug-likeness (QED) is 0.904. The fourth-order valence-electron chi connectivity index (χ4n) is 1.79. The zero-order valence-corrected chi connectivity index (χ0v) is 12.7. The molecule has 5 nitrogen and oxygen atoms in total. The van der Waals surface area contributed by atoms with Gasteiger partial charge in [-0.15, -0.1) is 0 Å². The minimum atomic E-state index is -0.203. The van der Waals surface area contributed by atoms with Gasteiger partial charge in [0.25, 0.3) is 11.8 Å². The van der Waals surface area contributed by atoms with Gasteiger partial charge in [0.05, 0.1) is 0 Å². The van der Waals surface area contributed by atoms with Crippen LogP contribution < -0.4 is 10.6 Å². The molecule has 20 heavy (non-hydrogen) atoms. The van der Waals surface area contributed by atoms with Gasteiger partial charge >= 0.3 is 0 Å². The maximum absolute atomic E-state index is 12.1. The Labute approximate surface area is 125 Å². The Bertz CT molecular complexity index is 647. The van der Waals surface area contributed by atoms with E-state index < -0.39 is 0 Å². The lowest BCUT2D eigenvalue weighted by atomic mass is 10.2. The molecular weight excluding hydrogens is 322 g/mol. The van der Waals surface area contributed by atoms with Gasteiger partial charge in [0, 0.05) is 36.0 Å². The van der Waals surface area contributed by atoms with Crippen LogP contribution in [0.1, 0.15) is 20.8 Å². The summed E-state index contributed by atoms with van der Waals surface area (Å²) in [6.45, 7) is 0. The van der Waals surface area contributed by atoms with E-state index in [9.17, 15) is 9.59 Å². The zero-order chi connectivity index (χ0) is 14.7. The van der Waals surface area contributed by atoms with Crippen LogP contribution in [0, 0.1) is 0 Å². The third-order valence-electron chi connectivity index (χ3n) is 2.84. The number of amides is 2. The van der Waals surface area contributed by atoms with Crippen molar-refractivity contribution in [3.05, 3.63) is 52.3 Å². The second kappa shape index (κ2) is 5.92. The Morgan fingerprint density at radius 3 is 2.30 bits per heavy atom. The van der Waals surface area contributed by atoms with Gasteiger partial charge in [0.1, 0.15) is 5.69 Å². The van der Waals surface area contributed by atoms with Crippen molar-refractivity contribution in [2.45, 2.75) is 0 Å². The molecule has 0 atom stereocenters. The number of halogens is 1. The predicted octanol–water partition coefficient (Wildman–Crippen LogP) is 2.40. The van der Waals surface area contributed by atoms with Crippen LogP contribution in [0.2, 0.25) is 0 Å². The van der Waals surface area contributed by atoms with E-state index in [1.807, 2.05) is 6.20 Å². The molecule has 0 fully saturated rings. The Kier molecular flexibility index (Phi) is 4.24. The molecule has 2 amide bonds. The molecule has 104 valence electrons. The molecule has 0 saturated heterocycles. The highest BCUT2D eigenvalue weighted by Gasteiger charge is 2.11. The van der Waals surface area contributed by atoms with Crippen LogP contribution in [0.25, 0.3) is 0 Å². The molecule has 0 spiro atoms. The summed E-state index contributed by atoms with van der Waals surface area (Å²) in [5.74, 6) is -0.361. The van der Waals surface area contributed by atoms with Gasteiger partial charge in [-0.25, -0.2) is 0 Å². The zero-order valence-electron chi connectivity index (χ0n) is 11.1. The Hall–Kier alpha value is -2.08. The number of rotatable bonds is 3. The van der Waals surface area contributed by atoms with Crippen LogP contribution in [0.4, 0.5) is 5.69 Å². The number of hydrogen-bond donors (Lipinski definition) is 2. The van der Waals surface area contributed by atoms with E-state index in [2.05, 4.69) is 26.6 Å². The topological polar surface area (TPSA) is 63.1 Å². The number of aryl methyl sites for hydroxylation is 1. The van der Waals surface area contributed by atoms with Crippen molar-refractivity contribution in [2.24, 2.45) is 7.05 Å². The number of aromatic nitrogens is 1. The van der Waals surface area contributed by atoms with Crippen LogP contribution in [0.3, 0.4) is 0 Å². The number of nitrogens with zero attached hydrogens (tertiary/aromatic N) is 1. The van der Waals surface area contributed by atoms with E-state index in [0.717, 1.165) is 4.47 Å². The highest BCUT2D eigenvalue weighted by Crippen LogP contribution is 2.16. The fourth-order valence-corrected chi connectivity index (χ4v) is 2.32. The van der Waals surface area contributed by atoms with E-state index in [1.165, 1.54) is 0 Å². The van der Waals surface area contributed by atoms with Crippen molar-refractivity contribution >= 4 is 33.4 Å². The van der Waals surface area contributed by atoms with E-state index in [4.69, 9.17) is 0 Å². The number of carbonyl (C=O) groups is 2. The maximum Gasteiger partial charge on any atom is 0.272 e. The van der Waals surface area contributed by atoms with Gasteiger partial charge in [0.15, 0.2) is 0 Å². The average molecular weight is 336 g/mol. The van der Waals surface area contributed by atoms with E-state index in [-0.39, 0.29) is 11.8 Å². The smallest absolute Gasteiger partial charge is 0.272 e. The van der Waals surface area contributed by atoms with Crippen molar-refractivity contribution < 1.29 is 9.59 Å². The molecule has 2 rings (SSSR count). The van der Waals surface area contributed by atoms with Crippen molar-refractivity contribution in [3.63, 3.8) is 0 Å². The normalized spacial score (nSPS) is 10.2. The Balaban J connectivity index is 2.12. The Morgan fingerprint density at radius 2 is 1.80 bits per heavy atom. The first kappa shape index (κ1) is 14.3. The number of anilines is 1. The summed E-state index contributed by atoms with van der Waals surface area (Å²) in [5, 5.41) is 5.33. The minimum absolute atomic E-state index is 0.158. The van der Waals surface area contributed by atoms with Crippen molar-refractivity contribution in [1.82, 2.24) is 9.88 Å². The van der Waals surface area contributed by atoms with E-state index >= 15 is 0 Å². The molecule has 1 heterocycles. The van der Waals surface area contributed by atoms with E-state index in [0.29, 0.717) is 16.9 Å². The number of nitrogens with one attached hydrogen (secondary N) is 2. The SMILES string of the molecule is CNC(=O)c1ccc(NC(=O)c2cc(Br)cn2C)cc1. The lowest BCUT2D eigenvalue weighted by molar-refractivity contribution is 0.0962. The first-order valence-electron chi connectivity index (χ1n) is 5.96. The number of hydrogen-bond acceptors (Lipinski definition) is 2. The summed E-state index contributed by atoms with van der Waals surface area (Å²) in [5.41, 5.74) is 1.74. The molecule has 0 aliphatic rings. The lowest BCUT2D eigenvalue weighted by Gasteiger charge is -2.07. The Morgan fingerprint density at radius 1 is 1.15 bits per heavy atom. The van der Waals surface area contributed by atoms with Gasteiger partial charge in [0.2, 0.25) is 0 Å². The third kappa shape index (κ3) is 3.08. The van der Waals surface area contributed by atoms with Crippen LogP contribution in [0.15, 0.2) is 41.0 Å². The largest absolute Gasteiger partial charge is 0.355 e. The molecule has 0 bridgehead atoms. The van der Waals surface area contributed by atoms with E-state index in [1.54, 1.807) is 49.0 Å². The second-order valence-corrected chi connectivity index (χ2v) is 5.18. The molecule has 0 radical (unpaired) electrons. The summed E-state index contributed by atoms with van der Waals surface area (Å²) in [4.78, 5) is 23.5. The van der Waals surface area contributed by atoms with Crippen LogP contribution in [-0.2, 0) is 7.05 Å². The van der Waals surface area contributed by atoms with Crippen LogP contribution in [-0.4, -0.2) is 23.4 Å². The van der Waals surface area contributed by atoms with Crippen molar-refractivity contribution in [3.8, 4) is 0 Å². The van der Waals surface area contributed by atoms with Crippen molar-refractivity contribution in [2.75, 3.05) is 12.4 Å². The monoisotopic (exact) mass is 335 g/mol. The molecule has 1 aromatic heterocycles. The van der Waals surface area contributed by atoms with Gasteiger partial charge in [-0.1, -0.05) is 0 Å². The molecule has 2 aromatic rings. The molecule has 0 saturated carbocycles. The molecule has 6 heteroatoms. The van der Waals surface area contributed by atoms with Gasteiger partial charge in [-0.2, -0.15) is 0 Å². The van der Waals surface area contributed by atoms with Gasteiger partial charge in [-0.05, 0) is 46.3 Å².